The Bertz CT molecular complexity index is 1020. The molecular formula is C25H24N2O3. The maximum absolute atomic E-state index is 12.7. The molecule has 2 aliphatic rings. The number of aliphatic hydroxyl groups excluding tert-OH is 1. The van der Waals surface area contributed by atoms with E-state index in [9.17, 15) is 15.2 Å². The molecule has 1 N–H and O–H groups in total. The van der Waals surface area contributed by atoms with Crippen molar-refractivity contribution in [2.75, 3.05) is 13.7 Å². The number of methoxy groups -OCH3 is 1. The first-order valence-corrected chi connectivity index (χ1v) is 10.3. The Balaban J connectivity index is 1.52. The molecular weight excluding hydrogens is 376 g/mol. The van der Waals surface area contributed by atoms with E-state index < -0.39 is 6.04 Å². The predicted octanol–water partition coefficient (Wildman–Crippen LogP) is 3.07. The lowest BCUT2D eigenvalue weighted by atomic mass is 9.73. The summed E-state index contributed by atoms with van der Waals surface area (Å²) in [6.07, 6.45) is 2.83. The van der Waals surface area contributed by atoms with Crippen molar-refractivity contribution >= 4 is 5.91 Å². The molecule has 1 saturated heterocycles. The van der Waals surface area contributed by atoms with Crippen LogP contribution in [0, 0.1) is 29.1 Å². The van der Waals surface area contributed by atoms with Crippen LogP contribution in [0.25, 0.3) is 0 Å². The van der Waals surface area contributed by atoms with Gasteiger partial charge in [0.1, 0.15) is 11.8 Å². The van der Waals surface area contributed by atoms with Crippen LogP contribution in [0.15, 0.2) is 48.5 Å². The number of likely N-dealkylation sites (tertiary alicyclic amines) is 1. The van der Waals surface area contributed by atoms with Crippen molar-refractivity contribution in [3.8, 4) is 23.7 Å². The molecule has 1 saturated carbocycles. The summed E-state index contributed by atoms with van der Waals surface area (Å²) in [5.41, 5.74) is 2.61. The van der Waals surface area contributed by atoms with E-state index in [1.807, 2.05) is 48.5 Å². The molecule has 2 aromatic rings. The standard InChI is InChI=1S/C25H24N2O3/c1-30-23-8-3-2-5-18(23)12-9-17-10-13-19(14-11-17)24-21(15-26)27(22(24)16-28)25(29)20-6-4-7-20/h2-3,5,8,10-11,13-14,20-22,24,28H,4,6-7,16H2,1H3/t21-,22+,24+/m0/s1. The molecule has 5 heteroatoms. The first-order chi connectivity index (χ1) is 14.7. The van der Waals surface area contributed by atoms with Crippen molar-refractivity contribution in [3.63, 3.8) is 0 Å². The molecule has 1 aliphatic carbocycles. The fourth-order valence-electron chi connectivity index (χ4n) is 4.25. The van der Waals surface area contributed by atoms with Gasteiger partial charge in [-0.15, -0.1) is 0 Å². The van der Waals surface area contributed by atoms with Crippen LogP contribution < -0.4 is 4.74 Å². The molecule has 2 aromatic carbocycles. The molecule has 0 unspecified atom stereocenters. The van der Waals surface area contributed by atoms with Gasteiger partial charge < -0.3 is 14.7 Å². The lowest BCUT2D eigenvalue weighted by Crippen LogP contribution is -2.66. The molecule has 5 nitrogen and oxygen atoms in total. The third-order valence-electron chi connectivity index (χ3n) is 6.18. The maximum atomic E-state index is 12.7. The van der Waals surface area contributed by atoms with Crippen LogP contribution in [-0.2, 0) is 4.79 Å². The van der Waals surface area contributed by atoms with Gasteiger partial charge in [-0.2, -0.15) is 5.26 Å². The number of hydrogen-bond acceptors (Lipinski definition) is 4. The molecule has 0 aromatic heterocycles. The third-order valence-corrected chi connectivity index (χ3v) is 6.18. The summed E-state index contributed by atoms with van der Waals surface area (Å²) in [7, 11) is 1.62. The summed E-state index contributed by atoms with van der Waals surface area (Å²) in [5, 5.41) is 19.6. The topological polar surface area (TPSA) is 73.6 Å². The van der Waals surface area contributed by atoms with E-state index in [2.05, 4.69) is 17.9 Å². The van der Waals surface area contributed by atoms with Gasteiger partial charge in [-0.05, 0) is 42.7 Å². The fourth-order valence-corrected chi connectivity index (χ4v) is 4.25. The normalized spacial score (nSPS) is 22.7. The van der Waals surface area contributed by atoms with Crippen molar-refractivity contribution in [2.24, 2.45) is 5.92 Å². The number of nitrogens with zero attached hydrogens (tertiary/aromatic N) is 2. The van der Waals surface area contributed by atoms with Crippen LogP contribution in [-0.4, -0.2) is 41.7 Å². The number of carbonyl (C=O) groups is 1. The van der Waals surface area contributed by atoms with Crippen molar-refractivity contribution in [2.45, 2.75) is 37.3 Å². The van der Waals surface area contributed by atoms with Gasteiger partial charge in [0, 0.05) is 17.4 Å². The van der Waals surface area contributed by atoms with Crippen LogP contribution in [0.5, 0.6) is 5.75 Å². The fraction of sp³-hybridized carbons (Fsp3) is 0.360. The molecule has 2 fully saturated rings. The predicted molar refractivity (Wildman–Crippen MR) is 113 cm³/mol. The van der Waals surface area contributed by atoms with Crippen LogP contribution in [0.3, 0.4) is 0 Å². The van der Waals surface area contributed by atoms with E-state index in [-0.39, 0.29) is 30.4 Å². The quantitative estimate of drug-likeness (QED) is 0.801. The lowest BCUT2D eigenvalue weighted by Gasteiger charge is -2.53. The molecule has 3 atom stereocenters. The van der Waals surface area contributed by atoms with Gasteiger partial charge in [-0.3, -0.25) is 4.79 Å². The Kier molecular flexibility index (Phi) is 5.74. The van der Waals surface area contributed by atoms with Crippen LogP contribution in [0.1, 0.15) is 41.9 Å². The van der Waals surface area contributed by atoms with E-state index in [0.717, 1.165) is 41.7 Å². The zero-order chi connectivity index (χ0) is 21.1. The van der Waals surface area contributed by atoms with Gasteiger partial charge >= 0.3 is 0 Å². The molecule has 0 spiro atoms. The summed E-state index contributed by atoms with van der Waals surface area (Å²) in [5.74, 6) is 6.84. The SMILES string of the molecule is COc1ccccc1C#Cc1ccc([C@H]2[C@@H](CO)N(C(=O)C3CCC3)[C@H]2C#N)cc1. The zero-order valence-corrected chi connectivity index (χ0v) is 16.9. The Hall–Kier alpha value is -3.28. The van der Waals surface area contributed by atoms with Crippen molar-refractivity contribution in [1.29, 1.82) is 5.26 Å². The number of benzene rings is 2. The number of hydrogen-bond donors (Lipinski definition) is 1. The van der Waals surface area contributed by atoms with E-state index in [1.54, 1.807) is 12.0 Å². The summed E-state index contributed by atoms with van der Waals surface area (Å²) >= 11 is 0. The van der Waals surface area contributed by atoms with Crippen molar-refractivity contribution in [3.05, 3.63) is 65.2 Å². The number of amides is 1. The number of nitriles is 1. The van der Waals surface area contributed by atoms with E-state index in [4.69, 9.17) is 4.74 Å². The minimum atomic E-state index is -0.527. The highest BCUT2D eigenvalue weighted by Gasteiger charge is 2.53. The van der Waals surface area contributed by atoms with Crippen LogP contribution in [0.4, 0.5) is 0 Å². The summed E-state index contributed by atoms with van der Waals surface area (Å²) < 4.78 is 5.32. The monoisotopic (exact) mass is 400 g/mol. The number of aliphatic hydroxyl groups is 1. The average Bonchev–Trinajstić information content (AvgIpc) is 2.72. The second-order valence-corrected chi connectivity index (χ2v) is 7.80. The maximum Gasteiger partial charge on any atom is 0.227 e. The number of para-hydroxylation sites is 1. The first-order valence-electron chi connectivity index (χ1n) is 10.3. The Morgan fingerprint density at radius 2 is 1.90 bits per heavy atom. The second-order valence-electron chi connectivity index (χ2n) is 7.80. The molecule has 1 heterocycles. The molecule has 1 aliphatic heterocycles. The Morgan fingerprint density at radius 1 is 1.17 bits per heavy atom. The highest BCUT2D eigenvalue weighted by Crippen LogP contribution is 2.43. The first kappa shape index (κ1) is 20.0. The van der Waals surface area contributed by atoms with E-state index in [1.165, 1.54) is 0 Å². The molecule has 30 heavy (non-hydrogen) atoms. The minimum absolute atomic E-state index is 0.0161. The van der Waals surface area contributed by atoms with Gasteiger partial charge in [-0.25, -0.2) is 0 Å². The van der Waals surface area contributed by atoms with Gasteiger partial charge in [0.15, 0.2) is 0 Å². The lowest BCUT2D eigenvalue weighted by molar-refractivity contribution is -0.154. The van der Waals surface area contributed by atoms with Gasteiger partial charge in [0.05, 0.1) is 31.4 Å². The highest BCUT2D eigenvalue weighted by molar-refractivity contribution is 5.82. The number of carbonyl (C=O) groups excluding carboxylic acids is 1. The summed E-state index contributed by atoms with van der Waals surface area (Å²) in [4.78, 5) is 14.3. The molecule has 0 bridgehead atoms. The van der Waals surface area contributed by atoms with Crippen molar-refractivity contribution < 1.29 is 14.6 Å². The van der Waals surface area contributed by atoms with Gasteiger partial charge in [-0.1, -0.05) is 42.5 Å². The van der Waals surface area contributed by atoms with Crippen LogP contribution in [0.2, 0.25) is 0 Å². The molecule has 152 valence electrons. The van der Waals surface area contributed by atoms with Crippen molar-refractivity contribution in [1.82, 2.24) is 4.90 Å². The number of ether oxygens (including phenoxy) is 1. The molecule has 1 amide bonds. The largest absolute Gasteiger partial charge is 0.495 e. The smallest absolute Gasteiger partial charge is 0.227 e. The van der Waals surface area contributed by atoms with Crippen LogP contribution >= 0.6 is 0 Å². The Morgan fingerprint density at radius 3 is 2.50 bits per heavy atom. The van der Waals surface area contributed by atoms with E-state index >= 15 is 0 Å². The summed E-state index contributed by atoms with van der Waals surface area (Å²) in [6, 6.07) is 16.7. The van der Waals surface area contributed by atoms with Gasteiger partial charge in [0.25, 0.3) is 0 Å². The average molecular weight is 400 g/mol. The second kappa shape index (κ2) is 8.61. The van der Waals surface area contributed by atoms with Gasteiger partial charge in [0.2, 0.25) is 5.91 Å². The zero-order valence-electron chi connectivity index (χ0n) is 16.9. The van der Waals surface area contributed by atoms with E-state index in [0.29, 0.717) is 0 Å². The number of rotatable bonds is 4. The Labute approximate surface area is 176 Å². The molecule has 0 radical (unpaired) electrons. The summed E-state index contributed by atoms with van der Waals surface area (Å²) in [6.45, 7) is -0.142. The molecule has 4 rings (SSSR count). The minimum Gasteiger partial charge on any atom is -0.495 e. The third kappa shape index (κ3) is 3.54. The highest BCUT2D eigenvalue weighted by atomic mass is 16.5.